The van der Waals surface area contributed by atoms with Gasteiger partial charge in [-0.1, -0.05) is 53.7 Å². The third-order valence-corrected chi connectivity index (χ3v) is 9.21. The fourth-order valence-electron chi connectivity index (χ4n) is 5.22. The van der Waals surface area contributed by atoms with Gasteiger partial charge in [0.05, 0.1) is 34.4 Å². The minimum Gasteiger partial charge on any atom is -0.379 e. The zero-order chi connectivity index (χ0) is 29.9. The number of thiazole rings is 1. The van der Waals surface area contributed by atoms with Gasteiger partial charge in [0.15, 0.2) is 5.78 Å². The van der Waals surface area contributed by atoms with Gasteiger partial charge in [0.1, 0.15) is 5.78 Å². The Morgan fingerprint density at radius 2 is 1.85 bits per heavy atom. The van der Waals surface area contributed by atoms with Gasteiger partial charge in [0.25, 0.3) is 0 Å². The minimum absolute atomic E-state index is 0.0453. The molecule has 1 aromatic carbocycles. The first-order chi connectivity index (χ1) is 19.6. The number of aromatic nitrogens is 1. The molecule has 0 saturated carbocycles. The standard InChI is InChI=1S/C33H49N3O4S/c1-7-9-27(37)18-26(20-32-34-29-11-10-25(22(3)4)19-31(29)41-32)33(39)35-28(23(5)8-2)12-13-30(38)24(6)21-36-14-16-40-17-15-36/h10-11,19,22-23,26,28H,6-9,12-18,20-21H2,1-5H3,(H,35,39)/t23-,26-,28+/m0/s1. The van der Waals surface area contributed by atoms with Crippen molar-refractivity contribution in [1.29, 1.82) is 0 Å². The van der Waals surface area contributed by atoms with Crippen LogP contribution < -0.4 is 5.32 Å². The number of nitrogens with one attached hydrogen (secondary N) is 1. The van der Waals surface area contributed by atoms with Crippen LogP contribution in [0.3, 0.4) is 0 Å². The van der Waals surface area contributed by atoms with Crippen LogP contribution in [0.4, 0.5) is 0 Å². The Labute approximate surface area is 250 Å². The van der Waals surface area contributed by atoms with Crippen LogP contribution in [0.1, 0.15) is 89.6 Å². The second-order valence-electron chi connectivity index (χ2n) is 11.8. The van der Waals surface area contributed by atoms with E-state index in [1.165, 1.54) is 5.56 Å². The molecule has 0 unspecified atom stereocenters. The number of hydrogen-bond donors (Lipinski definition) is 1. The van der Waals surface area contributed by atoms with Gasteiger partial charge in [0.2, 0.25) is 5.91 Å². The second kappa shape index (κ2) is 16.3. The Morgan fingerprint density at radius 3 is 2.51 bits per heavy atom. The molecule has 8 heteroatoms. The lowest BCUT2D eigenvalue weighted by Crippen LogP contribution is -2.44. The van der Waals surface area contributed by atoms with E-state index in [0.717, 1.165) is 41.2 Å². The van der Waals surface area contributed by atoms with Crippen molar-refractivity contribution in [3.8, 4) is 0 Å². The molecule has 1 aromatic heterocycles. The molecule has 1 N–H and O–H groups in total. The third-order valence-electron chi connectivity index (χ3n) is 8.17. The second-order valence-corrected chi connectivity index (χ2v) is 13.0. The van der Waals surface area contributed by atoms with Gasteiger partial charge >= 0.3 is 0 Å². The maximum Gasteiger partial charge on any atom is 0.224 e. The normalized spacial score (nSPS) is 16.4. The van der Waals surface area contributed by atoms with Crippen molar-refractivity contribution in [1.82, 2.24) is 15.2 Å². The summed E-state index contributed by atoms with van der Waals surface area (Å²) in [5.74, 6) is 0.160. The number of benzene rings is 1. The first-order valence-corrected chi connectivity index (χ1v) is 16.1. The summed E-state index contributed by atoms with van der Waals surface area (Å²) in [5.41, 5.74) is 2.81. The highest BCUT2D eigenvalue weighted by Crippen LogP contribution is 2.29. The Kier molecular flexibility index (Phi) is 13.1. The van der Waals surface area contributed by atoms with Crippen molar-refractivity contribution in [3.63, 3.8) is 0 Å². The van der Waals surface area contributed by atoms with Crippen LogP contribution in [-0.4, -0.2) is 66.2 Å². The van der Waals surface area contributed by atoms with Crippen LogP contribution in [-0.2, 0) is 25.5 Å². The summed E-state index contributed by atoms with van der Waals surface area (Å²) in [6.07, 6.45) is 3.64. The van der Waals surface area contributed by atoms with E-state index in [4.69, 9.17) is 9.72 Å². The molecule has 1 aliphatic heterocycles. The minimum atomic E-state index is -0.488. The van der Waals surface area contributed by atoms with Crippen LogP contribution in [0.5, 0.6) is 0 Å². The van der Waals surface area contributed by atoms with Gasteiger partial charge < -0.3 is 10.1 Å². The lowest BCUT2D eigenvalue weighted by atomic mass is 9.91. The van der Waals surface area contributed by atoms with E-state index in [2.05, 4.69) is 56.6 Å². The summed E-state index contributed by atoms with van der Waals surface area (Å²) in [5, 5.41) is 4.12. The summed E-state index contributed by atoms with van der Waals surface area (Å²) < 4.78 is 6.51. The van der Waals surface area contributed by atoms with Crippen molar-refractivity contribution < 1.29 is 19.1 Å². The molecule has 0 radical (unpaired) electrons. The molecule has 7 nitrogen and oxygen atoms in total. The maximum atomic E-state index is 13.7. The fourth-order valence-corrected chi connectivity index (χ4v) is 6.32. The van der Waals surface area contributed by atoms with E-state index in [0.29, 0.717) is 56.9 Å². The Bertz CT molecular complexity index is 1180. The number of carbonyl (C=O) groups is 3. The van der Waals surface area contributed by atoms with Crippen molar-refractivity contribution in [3.05, 3.63) is 40.9 Å². The van der Waals surface area contributed by atoms with E-state index >= 15 is 0 Å². The lowest BCUT2D eigenvalue weighted by Gasteiger charge is -2.28. The molecule has 226 valence electrons. The SMILES string of the molecule is C=C(CN1CCOCC1)C(=O)CC[C@@H](NC(=O)[C@@H](CC(=O)CCC)Cc1nc2ccc(C(C)C)cc2s1)[C@@H](C)CC. The lowest BCUT2D eigenvalue weighted by molar-refractivity contribution is -0.130. The number of morpholine rings is 1. The zero-order valence-electron chi connectivity index (χ0n) is 25.7. The van der Waals surface area contributed by atoms with Crippen molar-refractivity contribution in [2.75, 3.05) is 32.8 Å². The van der Waals surface area contributed by atoms with Gasteiger partial charge in [-0.2, -0.15) is 0 Å². The number of fused-ring (bicyclic) bond motifs is 1. The predicted molar refractivity (Wildman–Crippen MR) is 167 cm³/mol. The molecule has 1 fully saturated rings. The van der Waals surface area contributed by atoms with Gasteiger partial charge in [-0.05, 0) is 42.4 Å². The highest BCUT2D eigenvalue weighted by atomic mass is 32.1. The molecule has 41 heavy (non-hydrogen) atoms. The molecule has 0 aliphatic carbocycles. The fraction of sp³-hybridized carbons (Fsp3) is 0.636. The highest BCUT2D eigenvalue weighted by Gasteiger charge is 2.28. The summed E-state index contributed by atoms with van der Waals surface area (Å²) in [4.78, 5) is 46.4. The predicted octanol–water partition coefficient (Wildman–Crippen LogP) is 6.11. The molecule has 2 aromatic rings. The molecule has 2 heterocycles. The van der Waals surface area contributed by atoms with E-state index in [1.807, 2.05) is 13.0 Å². The number of ketones is 2. The van der Waals surface area contributed by atoms with Gasteiger partial charge in [-0.15, -0.1) is 11.3 Å². The van der Waals surface area contributed by atoms with Crippen LogP contribution >= 0.6 is 11.3 Å². The third kappa shape index (κ3) is 10.1. The Hall–Kier alpha value is -2.42. The van der Waals surface area contributed by atoms with Gasteiger partial charge in [-0.25, -0.2) is 4.98 Å². The monoisotopic (exact) mass is 583 g/mol. The summed E-state index contributed by atoms with van der Waals surface area (Å²) in [7, 11) is 0. The van der Waals surface area contributed by atoms with Crippen LogP contribution in [0.25, 0.3) is 10.2 Å². The summed E-state index contributed by atoms with van der Waals surface area (Å²) in [6, 6.07) is 6.19. The number of hydrogen-bond acceptors (Lipinski definition) is 7. The van der Waals surface area contributed by atoms with Crippen LogP contribution in [0.2, 0.25) is 0 Å². The van der Waals surface area contributed by atoms with Gasteiger partial charge in [0, 0.05) is 56.9 Å². The zero-order valence-corrected chi connectivity index (χ0v) is 26.5. The van der Waals surface area contributed by atoms with E-state index in [-0.39, 0.29) is 35.9 Å². The van der Waals surface area contributed by atoms with Crippen molar-refractivity contribution >= 4 is 39.0 Å². The largest absolute Gasteiger partial charge is 0.379 e. The van der Waals surface area contributed by atoms with E-state index in [1.54, 1.807) is 11.3 Å². The van der Waals surface area contributed by atoms with Crippen LogP contribution in [0, 0.1) is 11.8 Å². The summed E-state index contributed by atoms with van der Waals surface area (Å²) >= 11 is 1.61. The average Bonchev–Trinajstić information content (AvgIpc) is 3.36. The number of carbonyl (C=O) groups excluding carboxylic acids is 3. The maximum absolute atomic E-state index is 13.7. The first kappa shape index (κ1) is 33.1. The molecule has 3 rings (SSSR count). The number of amides is 1. The molecular weight excluding hydrogens is 534 g/mol. The topological polar surface area (TPSA) is 88.6 Å². The van der Waals surface area contributed by atoms with E-state index in [9.17, 15) is 14.4 Å². The Morgan fingerprint density at radius 1 is 1.12 bits per heavy atom. The summed E-state index contributed by atoms with van der Waals surface area (Å²) in [6.45, 7) is 18.1. The first-order valence-electron chi connectivity index (χ1n) is 15.3. The molecule has 3 atom stereocenters. The number of Topliss-reactive ketones (excluding diaryl/α,β-unsaturated/α-hetero) is 2. The van der Waals surface area contributed by atoms with E-state index < -0.39 is 5.92 Å². The van der Waals surface area contributed by atoms with Crippen LogP contribution in [0.15, 0.2) is 30.4 Å². The molecule has 1 saturated heterocycles. The quantitative estimate of drug-likeness (QED) is 0.226. The smallest absolute Gasteiger partial charge is 0.224 e. The van der Waals surface area contributed by atoms with Crippen molar-refractivity contribution in [2.24, 2.45) is 11.8 Å². The number of rotatable bonds is 17. The molecule has 1 amide bonds. The molecule has 0 spiro atoms. The Balaban J connectivity index is 1.69. The number of nitrogens with zero attached hydrogens (tertiary/aromatic N) is 2. The van der Waals surface area contributed by atoms with Gasteiger partial charge in [-0.3, -0.25) is 19.3 Å². The molecular formula is C33H49N3O4S. The molecule has 1 aliphatic rings. The van der Waals surface area contributed by atoms with Crippen molar-refractivity contribution in [2.45, 2.75) is 91.5 Å². The number of ether oxygens (including phenoxy) is 1. The average molecular weight is 584 g/mol. The molecule has 0 bridgehead atoms. The highest BCUT2D eigenvalue weighted by molar-refractivity contribution is 7.18.